The Hall–Kier alpha value is -2.81. The molecular weight excluding hydrogens is 409 g/mol. The third kappa shape index (κ3) is 5.46. The quantitative estimate of drug-likeness (QED) is 0.785. The summed E-state index contributed by atoms with van der Waals surface area (Å²) < 4.78 is 43.4. The number of hydrogen-bond donors (Lipinski definition) is 1. The van der Waals surface area contributed by atoms with Crippen LogP contribution in [0.1, 0.15) is 17.7 Å². The fourth-order valence-corrected chi connectivity index (χ4v) is 3.96. The van der Waals surface area contributed by atoms with Gasteiger partial charge < -0.3 is 19.9 Å². The lowest BCUT2D eigenvalue weighted by atomic mass is 10.1. The number of hydrogen-bond acceptors (Lipinski definition) is 5. The molecule has 2 saturated heterocycles. The van der Waals surface area contributed by atoms with E-state index in [2.05, 4.69) is 15.2 Å². The molecule has 1 amide bonds. The minimum absolute atomic E-state index is 0.0394. The molecule has 2 aromatic rings. The Morgan fingerprint density at radius 3 is 2.39 bits per heavy atom. The summed E-state index contributed by atoms with van der Waals surface area (Å²) in [5, 5.41) is 3.03. The summed E-state index contributed by atoms with van der Waals surface area (Å²) in [4.78, 5) is 20.2. The van der Waals surface area contributed by atoms with Crippen molar-refractivity contribution in [2.24, 2.45) is 0 Å². The van der Waals surface area contributed by atoms with E-state index in [1.54, 1.807) is 0 Å². The van der Waals surface area contributed by atoms with E-state index in [9.17, 15) is 18.0 Å². The van der Waals surface area contributed by atoms with Crippen LogP contribution >= 0.6 is 0 Å². The number of nitrogens with one attached hydrogen (secondary N) is 1. The van der Waals surface area contributed by atoms with Gasteiger partial charge in [-0.25, -0.2) is 4.98 Å². The molecule has 0 spiro atoms. The number of pyridine rings is 1. The molecule has 31 heavy (non-hydrogen) atoms. The monoisotopic (exact) mass is 434 g/mol. The van der Waals surface area contributed by atoms with Gasteiger partial charge in [0.25, 0.3) is 0 Å². The normalized spacial score (nSPS) is 19.5. The molecule has 166 valence electrons. The topological polar surface area (TPSA) is 57.7 Å². The van der Waals surface area contributed by atoms with Crippen LogP contribution in [0.4, 0.5) is 24.5 Å². The molecule has 3 heterocycles. The number of alkyl halides is 3. The third-order valence-corrected chi connectivity index (χ3v) is 5.63. The lowest BCUT2D eigenvalue weighted by molar-refractivity contribution is -0.141. The maximum absolute atomic E-state index is 12.7. The molecule has 0 unspecified atom stereocenters. The molecule has 0 saturated carbocycles. The number of amides is 1. The van der Waals surface area contributed by atoms with Gasteiger partial charge >= 0.3 is 6.18 Å². The average molecular weight is 434 g/mol. The van der Waals surface area contributed by atoms with Crippen molar-refractivity contribution in [3.8, 4) is 0 Å². The molecule has 1 N–H and O–H groups in total. The van der Waals surface area contributed by atoms with Crippen molar-refractivity contribution in [2.75, 3.05) is 49.2 Å². The molecule has 4 rings (SSSR count). The van der Waals surface area contributed by atoms with Crippen molar-refractivity contribution in [3.63, 3.8) is 0 Å². The lowest BCUT2D eigenvalue weighted by Gasteiger charge is -2.28. The van der Waals surface area contributed by atoms with Crippen LogP contribution < -0.4 is 15.1 Å². The first-order valence-corrected chi connectivity index (χ1v) is 10.4. The van der Waals surface area contributed by atoms with E-state index in [-0.39, 0.29) is 11.9 Å². The van der Waals surface area contributed by atoms with Gasteiger partial charge in [-0.1, -0.05) is 12.1 Å². The van der Waals surface area contributed by atoms with E-state index in [0.29, 0.717) is 25.2 Å². The summed E-state index contributed by atoms with van der Waals surface area (Å²) in [7, 11) is 0. The van der Waals surface area contributed by atoms with E-state index in [0.717, 1.165) is 50.0 Å². The number of ether oxygens (including phenoxy) is 1. The van der Waals surface area contributed by atoms with Crippen LogP contribution in [0.5, 0.6) is 0 Å². The van der Waals surface area contributed by atoms with Gasteiger partial charge in [-0.15, -0.1) is 0 Å². The number of halogens is 3. The zero-order valence-electron chi connectivity index (χ0n) is 17.1. The van der Waals surface area contributed by atoms with E-state index in [4.69, 9.17) is 4.74 Å². The van der Waals surface area contributed by atoms with Crippen LogP contribution in [0.15, 0.2) is 42.6 Å². The zero-order valence-corrected chi connectivity index (χ0v) is 17.1. The van der Waals surface area contributed by atoms with Gasteiger partial charge in [0, 0.05) is 37.9 Å². The van der Waals surface area contributed by atoms with Gasteiger partial charge in [-0.3, -0.25) is 4.79 Å². The van der Waals surface area contributed by atoms with Crippen LogP contribution in [0.2, 0.25) is 0 Å². The number of carbonyl (C=O) groups excluding carboxylic acids is 1. The highest BCUT2D eigenvalue weighted by Gasteiger charge is 2.32. The smallest absolute Gasteiger partial charge is 0.378 e. The Morgan fingerprint density at radius 1 is 1.03 bits per heavy atom. The van der Waals surface area contributed by atoms with Crippen molar-refractivity contribution in [3.05, 3.63) is 53.9 Å². The van der Waals surface area contributed by atoms with Crippen LogP contribution in [0.3, 0.4) is 0 Å². The molecule has 1 aromatic heterocycles. The molecule has 2 fully saturated rings. The number of carbonyl (C=O) groups is 1. The van der Waals surface area contributed by atoms with E-state index in [1.807, 2.05) is 29.2 Å². The highest BCUT2D eigenvalue weighted by Crippen LogP contribution is 2.29. The first kappa shape index (κ1) is 21.4. The van der Waals surface area contributed by atoms with E-state index >= 15 is 0 Å². The number of aromatic nitrogens is 1. The van der Waals surface area contributed by atoms with Crippen LogP contribution in [0.25, 0.3) is 0 Å². The molecular formula is C22H25F3N4O2. The Bertz CT molecular complexity index is 881. The van der Waals surface area contributed by atoms with Gasteiger partial charge in [0.1, 0.15) is 5.69 Å². The van der Waals surface area contributed by atoms with Crippen molar-refractivity contribution >= 4 is 17.3 Å². The number of morpholine rings is 1. The molecule has 0 radical (unpaired) electrons. The summed E-state index contributed by atoms with van der Waals surface area (Å²) in [6.07, 6.45) is -2.17. The van der Waals surface area contributed by atoms with Crippen molar-refractivity contribution in [1.82, 2.24) is 10.3 Å². The highest BCUT2D eigenvalue weighted by atomic mass is 19.4. The Labute approximate surface area is 179 Å². The SMILES string of the molecule is O=C(Cc1ccc(N2CCOCC2)cc1)N[C@@H]1CCN(c2ccc(C(F)(F)F)nc2)C1. The second-order valence-electron chi connectivity index (χ2n) is 7.84. The predicted octanol–water partition coefficient (Wildman–Crippen LogP) is 2.87. The fourth-order valence-electron chi connectivity index (χ4n) is 3.96. The predicted molar refractivity (Wildman–Crippen MR) is 111 cm³/mol. The first-order valence-electron chi connectivity index (χ1n) is 10.4. The van der Waals surface area contributed by atoms with Crippen LogP contribution in [-0.2, 0) is 22.1 Å². The van der Waals surface area contributed by atoms with Gasteiger partial charge in [0.15, 0.2) is 0 Å². The van der Waals surface area contributed by atoms with E-state index < -0.39 is 11.9 Å². The zero-order chi connectivity index (χ0) is 21.8. The van der Waals surface area contributed by atoms with Crippen molar-refractivity contribution in [2.45, 2.75) is 25.1 Å². The minimum atomic E-state index is -4.44. The number of anilines is 2. The molecule has 2 aliphatic heterocycles. The number of benzene rings is 1. The van der Waals surface area contributed by atoms with Crippen LogP contribution in [-0.4, -0.2) is 56.3 Å². The largest absolute Gasteiger partial charge is 0.433 e. The molecule has 1 atom stereocenters. The summed E-state index contributed by atoms with van der Waals surface area (Å²) >= 11 is 0. The van der Waals surface area contributed by atoms with E-state index in [1.165, 1.54) is 12.3 Å². The molecule has 0 aliphatic carbocycles. The van der Waals surface area contributed by atoms with Crippen molar-refractivity contribution in [1.29, 1.82) is 0 Å². The van der Waals surface area contributed by atoms with Gasteiger partial charge in [0.2, 0.25) is 5.91 Å². The van der Waals surface area contributed by atoms with Gasteiger partial charge in [-0.05, 0) is 36.2 Å². The van der Waals surface area contributed by atoms with Gasteiger partial charge in [0.05, 0.1) is 31.5 Å². The third-order valence-electron chi connectivity index (χ3n) is 5.63. The second kappa shape index (κ2) is 9.13. The lowest BCUT2D eigenvalue weighted by Crippen LogP contribution is -2.38. The molecule has 9 heteroatoms. The second-order valence-corrected chi connectivity index (χ2v) is 7.84. The fraction of sp³-hybridized carbons (Fsp3) is 0.455. The standard InChI is InChI=1S/C22H25F3N4O2/c23-22(24,25)20-6-5-19(14-26-20)29-8-7-17(15-29)27-21(30)13-16-1-3-18(4-2-16)28-9-11-31-12-10-28/h1-6,14,17H,7-13,15H2,(H,27,30)/t17-/m1/s1. The summed E-state index contributed by atoms with van der Waals surface area (Å²) in [6, 6.07) is 10.4. The Morgan fingerprint density at radius 2 is 1.74 bits per heavy atom. The van der Waals surface area contributed by atoms with Crippen molar-refractivity contribution < 1.29 is 22.7 Å². The maximum atomic E-state index is 12.7. The van der Waals surface area contributed by atoms with Crippen LogP contribution in [0, 0.1) is 0 Å². The maximum Gasteiger partial charge on any atom is 0.433 e. The highest BCUT2D eigenvalue weighted by molar-refractivity contribution is 5.79. The minimum Gasteiger partial charge on any atom is -0.378 e. The Balaban J connectivity index is 1.26. The number of rotatable bonds is 5. The summed E-state index contributed by atoms with van der Waals surface area (Å²) in [5.41, 5.74) is 1.80. The summed E-state index contributed by atoms with van der Waals surface area (Å²) in [6.45, 7) is 4.40. The van der Waals surface area contributed by atoms with Gasteiger partial charge in [-0.2, -0.15) is 13.2 Å². The average Bonchev–Trinajstić information content (AvgIpc) is 3.23. The molecule has 6 nitrogen and oxygen atoms in total. The number of nitrogens with zero attached hydrogens (tertiary/aromatic N) is 3. The first-order chi connectivity index (χ1) is 14.9. The molecule has 1 aromatic carbocycles. The molecule has 0 bridgehead atoms. The summed E-state index contributed by atoms with van der Waals surface area (Å²) in [5.74, 6) is -0.0588. The molecule has 2 aliphatic rings. The Kier molecular flexibility index (Phi) is 6.31.